The molecule has 0 radical (unpaired) electrons. The molecule has 0 aliphatic carbocycles. The smallest absolute Gasteiger partial charge is 0.278 e. The summed E-state index contributed by atoms with van der Waals surface area (Å²) >= 11 is 5.84. The molecule has 4 rings (SSSR count). The van der Waals surface area contributed by atoms with Gasteiger partial charge in [-0.25, -0.2) is 15.0 Å². The molecular weight excluding hydrogens is 402 g/mol. The van der Waals surface area contributed by atoms with Gasteiger partial charge in [-0.3, -0.25) is 4.79 Å². The van der Waals surface area contributed by atoms with Gasteiger partial charge in [0, 0.05) is 17.3 Å². The minimum absolute atomic E-state index is 0.0978. The molecule has 0 atom stereocenters. The van der Waals surface area contributed by atoms with Gasteiger partial charge in [-0.05, 0) is 47.9 Å². The fourth-order valence-electron chi connectivity index (χ4n) is 2.96. The van der Waals surface area contributed by atoms with Crippen molar-refractivity contribution in [1.82, 2.24) is 15.0 Å². The molecule has 0 bridgehead atoms. The van der Waals surface area contributed by atoms with Gasteiger partial charge in [0.05, 0.1) is 11.7 Å². The minimum atomic E-state index is -0.534. The lowest BCUT2D eigenvalue weighted by molar-refractivity contribution is 0.102. The third-order valence-electron chi connectivity index (χ3n) is 4.46. The molecule has 30 heavy (non-hydrogen) atoms. The van der Waals surface area contributed by atoms with Crippen LogP contribution in [0.1, 0.15) is 27.3 Å². The van der Waals surface area contributed by atoms with Gasteiger partial charge in [-0.2, -0.15) is 5.26 Å². The Balaban J connectivity index is 1.48. The second-order valence-electron chi connectivity index (χ2n) is 6.51. The molecule has 146 valence electrons. The summed E-state index contributed by atoms with van der Waals surface area (Å²) in [4.78, 5) is 24.7. The summed E-state index contributed by atoms with van der Waals surface area (Å²) in [6.45, 7) is 0. The van der Waals surface area contributed by atoms with E-state index >= 15 is 0 Å². The van der Waals surface area contributed by atoms with Crippen LogP contribution in [0, 0.1) is 11.3 Å². The van der Waals surface area contributed by atoms with E-state index in [2.05, 4.69) is 20.3 Å². The van der Waals surface area contributed by atoms with Crippen LogP contribution in [0.3, 0.4) is 0 Å². The van der Waals surface area contributed by atoms with Crippen LogP contribution >= 0.6 is 11.6 Å². The quantitative estimate of drug-likeness (QED) is 0.485. The number of aromatic nitrogens is 3. The third kappa shape index (κ3) is 4.04. The van der Waals surface area contributed by atoms with E-state index in [1.165, 1.54) is 12.3 Å². The first-order valence-electron chi connectivity index (χ1n) is 8.93. The Hall–Kier alpha value is -4.02. The first-order chi connectivity index (χ1) is 14.5. The summed E-state index contributed by atoms with van der Waals surface area (Å²) in [5.74, 6) is -0.785. The van der Waals surface area contributed by atoms with Crippen molar-refractivity contribution in [2.24, 2.45) is 0 Å². The molecule has 3 aromatic heterocycles. The fraction of sp³-hybridized carbons (Fsp3) is 0.0455. The molecule has 0 aliphatic rings. The number of nitriles is 1. The standard InChI is InChI=1S/C22H14ClN5O2/c23-19-8-7-17-18(28-19)12-26-20(21(17)29)22(30)27-15-4-1-13(2-5-15)9-14-3-6-16(10-24)25-11-14/h1-8,11-12,29H,9H2,(H,27,30). The molecule has 4 aromatic rings. The Kier molecular flexibility index (Phi) is 5.24. The summed E-state index contributed by atoms with van der Waals surface area (Å²) < 4.78 is 0. The first kappa shape index (κ1) is 19.3. The lowest BCUT2D eigenvalue weighted by Gasteiger charge is -2.09. The highest BCUT2D eigenvalue weighted by Gasteiger charge is 2.16. The predicted octanol–water partition coefficient (Wildman–Crippen LogP) is 4.10. The van der Waals surface area contributed by atoms with Crippen molar-refractivity contribution in [1.29, 1.82) is 5.26 Å². The topological polar surface area (TPSA) is 112 Å². The molecule has 0 aliphatic heterocycles. The lowest BCUT2D eigenvalue weighted by atomic mass is 10.1. The molecule has 2 N–H and O–H groups in total. The maximum absolute atomic E-state index is 12.6. The maximum atomic E-state index is 12.6. The van der Waals surface area contributed by atoms with Crippen molar-refractivity contribution < 1.29 is 9.90 Å². The highest BCUT2D eigenvalue weighted by molar-refractivity contribution is 6.29. The summed E-state index contributed by atoms with van der Waals surface area (Å²) in [6.07, 6.45) is 3.71. The second-order valence-corrected chi connectivity index (χ2v) is 6.90. The Labute approximate surface area is 176 Å². The van der Waals surface area contributed by atoms with Crippen LogP contribution in [0.25, 0.3) is 10.9 Å². The van der Waals surface area contributed by atoms with Crippen LogP contribution in [0.5, 0.6) is 5.75 Å². The van der Waals surface area contributed by atoms with Crippen molar-refractivity contribution in [3.63, 3.8) is 0 Å². The molecule has 0 spiro atoms. The normalized spacial score (nSPS) is 10.5. The van der Waals surface area contributed by atoms with Crippen LogP contribution < -0.4 is 5.32 Å². The molecule has 0 unspecified atom stereocenters. The zero-order valence-corrected chi connectivity index (χ0v) is 16.3. The largest absolute Gasteiger partial charge is 0.505 e. The summed E-state index contributed by atoms with van der Waals surface area (Å²) in [5.41, 5.74) is 3.25. The van der Waals surface area contributed by atoms with Crippen LogP contribution in [0.2, 0.25) is 5.15 Å². The van der Waals surface area contributed by atoms with E-state index in [9.17, 15) is 9.90 Å². The number of hydrogen-bond acceptors (Lipinski definition) is 6. The molecular formula is C22H14ClN5O2. The molecule has 1 amide bonds. The number of rotatable bonds is 4. The number of nitrogens with one attached hydrogen (secondary N) is 1. The molecule has 1 aromatic carbocycles. The zero-order valence-electron chi connectivity index (χ0n) is 15.5. The lowest BCUT2D eigenvalue weighted by Crippen LogP contribution is -2.14. The van der Waals surface area contributed by atoms with Gasteiger partial charge >= 0.3 is 0 Å². The predicted molar refractivity (Wildman–Crippen MR) is 112 cm³/mol. The Morgan fingerprint density at radius 1 is 1.03 bits per heavy atom. The van der Waals surface area contributed by atoms with E-state index in [4.69, 9.17) is 16.9 Å². The number of pyridine rings is 3. The van der Waals surface area contributed by atoms with E-state index in [1.807, 2.05) is 24.3 Å². The number of carbonyl (C=O) groups excluding carboxylic acids is 1. The molecule has 0 saturated heterocycles. The van der Waals surface area contributed by atoms with E-state index < -0.39 is 5.91 Å². The van der Waals surface area contributed by atoms with E-state index in [1.54, 1.807) is 30.5 Å². The van der Waals surface area contributed by atoms with Crippen LogP contribution in [-0.4, -0.2) is 26.0 Å². The molecule has 0 saturated carbocycles. The van der Waals surface area contributed by atoms with Gasteiger partial charge in [0.2, 0.25) is 0 Å². The Morgan fingerprint density at radius 3 is 2.50 bits per heavy atom. The highest BCUT2D eigenvalue weighted by atomic mass is 35.5. The highest BCUT2D eigenvalue weighted by Crippen LogP contribution is 2.27. The zero-order chi connectivity index (χ0) is 21.1. The maximum Gasteiger partial charge on any atom is 0.278 e. The van der Waals surface area contributed by atoms with Gasteiger partial charge in [0.25, 0.3) is 5.91 Å². The van der Waals surface area contributed by atoms with E-state index in [0.29, 0.717) is 28.7 Å². The Morgan fingerprint density at radius 2 is 1.80 bits per heavy atom. The summed E-state index contributed by atoms with van der Waals surface area (Å²) in [7, 11) is 0. The number of anilines is 1. The second kappa shape index (κ2) is 8.15. The van der Waals surface area contributed by atoms with E-state index in [-0.39, 0.29) is 16.6 Å². The molecule has 3 heterocycles. The van der Waals surface area contributed by atoms with Crippen LogP contribution in [-0.2, 0) is 6.42 Å². The number of nitrogens with zero attached hydrogens (tertiary/aromatic N) is 4. The summed E-state index contributed by atoms with van der Waals surface area (Å²) in [5, 5.41) is 22.6. The van der Waals surface area contributed by atoms with Crippen LogP contribution in [0.15, 0.2) is 60.9 Å². The number of amides is 1. The molecule has 7 nitrogen and oxygen atoms in total. The number of benzene rings is 1. The van der Waals surface area contributed by atoms with Crippen molar-refractivity contribution >= 4 is 34.1 Å². The van der Waals surface area contributed by atoms with Crippen molar-refractivity contribution in [3.8, 4) is 11.8 Å². The molecule has 8 heteroatoms. The van der Waals surface area contributed by atoms with Crippen molar-refractivity contribution in [3.05, 3.63) is 88.6 Å². The van der Waals surface area contributed by atoms with Gasteiger partial charge in [0.15, 0.2) is 11.4 Å². The minimum Gasteiger partial charge on any atom is -0.505 e. The SMILES string of the molecule is N#Cc1ccc(Cc2ccc(NC(=O)c3ncc4nc(Cl)ccc4c3O)cc2)cn1. The van der Waals surface area contributed by atoms with Gasteiger partial charge in [-0.1, -0.05) is 29.8 Å². The molecule has 0 fully saturated rings. The number of aromatic hydroxyl groups is 1. The van der Waals surface area contributed by atoms with Crippen molar-refractivity contribution in [2.75, 3.05) is 5.32 Å². The number of carbonyl (C=O) groups is 1. The van der Waals surface area contributed by atoms with Gasteiger partial charge < -0.3 is 10.4 Å². The third-order valence-corrected chi connectivity index (χ3v) is 4.67. The number of halogens is 1. The first-order valence-corrected chi connectivity index (χ1v) is 9.31. The number of hydrogen-bond donors (Lipinski definition) is 2. The van der Waals surface area contributed by atoms with Gasteiger partial charge in [-0.15, -0.1) is 0 Å². The van der Waals surface area contributed by atoms with E-state index in [0.717, 1.165) is 11.1 Å². The summed E-state index contributed by atoms with van der Waals surface area (Å²) in [6, 6.07) is 15.9. The average Bonchev–Trinajstić information content (AvgIpc) is 2.75. The Bertz CT molecular complexity index is 1280. The van der Waals surface area contributed by atoms with Crippen molar-refractivity contribution in [2.45, 2.75) is 6.42 Å². The van der Waals surface area contributed by atoms with Crippen LogP contribution in [0.4, 0.5) is 5.69 Å². The fourth-order valence-corrected chi connectivity index (χ4v) is 3.11. The average molecular weight is 416 g/mol. The van der Waals surface area contributed by atoms with Gasteiger partial charge in [0.1, 0.15) is 16.9 Å². The monoisotopic (exact) mass is 415 g/mol. The number of fused-ring (bicyclic) bond motifs is 1.